The summed E-state index contributed by atoms with van der Waals surface area (Å²) in [4.78, 5) is 18.9. The number of likely N-dealkylation sites (N-methyl/N-ethyl adjacent to an activating group) is 1. The van der Waals surface area contributed by atoms with Gasteiger partial charge >= 0.3 is 0 Å². The molecule has 76 valence electrons. The lowest BCUT2D eigenvalue weighted by molar-refractivity contribution is -0.119. The molecule has 0 fully saturated rings. The van der Waals surface area contributed by atoms with Crippen LogP contribution in [-0.2, 0) is 4.79 Å². The van der Waals surface area contributed by atoms with Crippen molar-refractivity contribution >= 4 is 27.7 Å². The summed E-state index contributed by atoms with van der Waals surface area (Å²) in [5, 5.41) is 5.56. The van der Waals surface area contributed by atoms with Gasteiger partial charge in [-0.05, 0) is 22.9 Å². The van der Waals surface area contributed by atoms with Gasteiger partial charge in [-0.2, -0.15) is 0 Å². The molecule has 0 aliphatic rings. The number of amides is 1. The highest BCUT2D eigenvalue weighted by molar-refractivity contribution is 9.10. The lowest BCUT2D eigenvalue weighted by Crippen LogP contribution is -2.29. The first-order valence-electron chi connectivity index (χ1n) is 4.20. The topological polar surface area (TPSA) is 66.9 Å². The van der Waals surface area contributed by atoms with Crippen LogP contribution < -0.4 is 10.6 Å². The average Bonchev–Trinajstić information content (AvgIpc) is 2.17. The first kappa shape index (κ1) is 10.9. The second kappa shape index (κ2) is 5.54. The smallest absolute Gasteiger partial charge is 0.239 e. The fraction of sp³-hybridized carbons (Fsp3) is 0.375. The van der Waals surface area contributed by atoms with Crippen LogP contribution in [0.25, 0.3) is 0 Å². The standard InChI is InChI=1S/C8H11BrN4O/c1-2-11-7(14)4-12-8-6(9)3-10-5-13-8/h3,5H,2,4H2,1H3,(H,11,14)(H,10,12,13). The molecule has 2 N–H and O–H groups in total. The fourth-order valence-corrected chi connectivity index (χ4v) is 1.23. The van der Waals surface area contributed by atoms with Crippen molar-refractivity contribution in [2.45, 2.75) is 6.92 Å². The van der Waals surface area contributed by atoms with Crippen LogP contribution in [0.2, 0.25) is 0 Å². The number of hydrogen-bond acceptors (Lipinski definition) is 4. The number of anilines is 1. The molecule has 14 heavy (non-hydrogen) atoms. The van der Waals surface area contributed by atoms with Crippen LogP contribution in [0.15, 0.2) is 17.0 Å². The Kier molecular flexibility index (Phi) is 4.31. The van der Waals surface area contributed by atoms with Crippen LogP contribution in [0.3, 0.4) is 0 Å². The van der Waals surface area contributed by atoms with Crippen LogP contribution in [0.1, 0.15) is 6.92 Å². The first-order valence-corrected chi connectivity index (χ1v) is 4.99. The molecule has 0 unspecified atom stereocenters. The molecule has 1 aromatic rings. The van der Waals surface area contributed by atoms with E-state index in [9.17, 15) is 4.79 Å². The Hall–Kier alpha value is -1.17. The molecule has 0 radical (unpaired) electrons. The predicted molar refractivity (Wildman–Crippen MR) is 56.9 cm³/mol. The highest BCUT2D eigenvalue weighted by Gasteiger charge is 2.02. The maximum Gasteiger partial charge on any atom is 0.239 e. The number of carbonyl (C=O) groups excluding carboxylic acids is 1. The zero-order valence-corrected chi connectivity index (χ0v) is 9.34. The van der Waals surface area contributed by atoms with Crippen molar-refractivity contribution in [2.75, 3.05) is 18.4 Å². The van der Waals surface area contributed by atoms with Crippen molar-refractivity contribution in [1.82, 2.24) is 15.3 Å². The van der Waals surface area contributed by atoms with E-state index in [1.54, 1.807) is 6.20 Å². The third-order valence-electron chi connectivity index (χ3n) is 1.46. The van der Waals surface area contributed by atoms with E-state index in [4.69, 9.17) is 0 Å². The van der Waals surface area contributed by atoms with Gasteiger partial charge in [-0.25, -0.2) is 9.97 Å². The molecule has 1 aromatic heterocycles. The van der Waals surface area contributed by atoms with Gasteiger partial charge in [0.25, 0.3) is 0 Å². The number of hydrogen-bond donors (Lipinski definition) is 2. The summed E-state index contributed by atoms with van der Waals surface area (Å²) in [6.45, 7) is 2.72. The molecule has 1 heterocycles. The van der Waals surface area contributed by atoms with Gasteiger partial charge in [0, 0.05) is 12.7 Å². The highest BCUT2D eigenvalue weighted by atomic mass is 79.9. The zero-order valence-electron chi connectivity index (χ0n) is 7.75. The van der Waals surface area contributed by atoms with Crippen LogP contribution in [0, 0.1) is 0 Å². The van der Waals surface area contributed by atoms with Crippen molar-refractivity contribution in [3.8, 4) is 0 Å². The number of aromatic nitrogens is 2. The maximum atomic E-state index is 11.1. The number of carbonyl (C=O) groups is 1. The van der Waals surface area contributed by atoms with Gasteiger partial charge < -0.3 is 10.6 Å². The van der Waals surface area contributed by atoms with Gasteiger partial charge in [0.15, 0.2) is 0 Å². The molecule has 0 aliphatic carbocycles. The molecule has 0 spiro atoms. The Bertz CT molecular complexity index is 318. The van der Waals surface area contributed by atoms with Crippen molar-refractivity contribution in [1.29, 1.82) is 0 Å². The third-order valence-corrected chi connectivity index (χ3v) is 2.04. The maximum absolute atomic E-state index is 11.1. The molecule has 6 heteroatoms. The largest absolute Gasteiger partial charge is 0.360 e. The van der Waals surface area contributed by atoms with Gasteiger partial charge in [0.2, 0.25) is 5.91 Å². The molecular formula is C8H11BrN4O. The minimum Gasteiger partial charge on any atom is -0.360 e. The van der Waals surface area contributed by atoms with Gasteiger partial charge in [-0.15, -0.1) is 0 Å². The average molecular weight is 259 g/mol. The summed E-state index contributed by atoms with van der Waals surface area (Å²) >= 11 is 3.27. The van der Waals surface area contributed by atoms with Crippen LogP contribution in [-0.4, -0.2) is 29.0 Å². The van der Waals surface area contributed by atoms with Crippen LogP contribution in [0.5, 0.6) is 0 Å². The third kappa shape index (κ3) is 3.29. The number of nitrogens with zero attached hydrogens (tertiary/aromatic N) is 2. The van der Waals surface area contributed by atoms with Gasteiger partial charge in [0.1, 0.15) is 12.1 Å². The fourth-order valence-electron chi connectivity index (χ4n) is 0.866. The van der Waals surface area contributed by atoms with Crippen molar-refractivity contribution in [2.24, 2.45) is 0 Å². The minimum absolute atomic E-state index is 0.0574. The van der Waals surface area contributed by atoms with Crippen LogP contribution >= 0.6 is 15.9 Å². The molecule has 0 aromatic carbocycles. The molecule has 0 bridgehead atoms. The minimum atomic E-state index is -0.0574. The second-order valence-corrected chi connectivity index (χ2v) is 3.38. The van der Waals surface area contributed by atoms with Crippen molar-refractivity contribution < 1.29 is 4.79 Å². The van der Waals surface area contributed by atoms with E-state index in [1.165, 1.54) is 6.33 Å². The lowest BCUT2D eigenvalue weighted by Gasteiger charge is -2.06. The quantitative estimate of drug-likeness (QED) is 0.838. The summed E-state index contributed by atoms with van der Waals surface area (Å²) in [6, 6.07) is 0. The molecule has 0 saturated heterocycles. The number of halogens is 1. The van der Waals surface area contributed by atoms with E-state index in [1.807, 2.05) is 6.92 Å². The van der Waals surface area contributed by atoms with Gasteiger partial charge in [-0.1, -0.05) is 0 Å². The second-order valence-electron chi connectivity index (χ2n) is 2.53. The molecular weight excluding hydrogens is 248 g/mol. The summed E-state index contributed by atoms with van der Waals surface area (Å²) in [7, 11) is 0. The van der Waals surface area contributed by atoms with E-state index < -0.39 is 0 Å². The Morgan fingerprint density at radius 3 is 3.07 bits per heavy atom. The monoisotopic (exact) mass is 258 g/mol. The molecule has 1 rings (SSSR count). The summed E-state index contributed by atoms with van der Waals surface area (Å²) in [5.74, 6) is 0.560. The van der Waals surface area contributed by atoms with Crippen LogP contribution in [0.4, 0.5) is 5.82 Å². The molecule has 0 atom stereocenters. The zero-order chi connectivity index (χ0) is 10.4. The normalized spacial score (nSPS) is 9.57. The lowest BCUT2D eigenvalue weighted by atomic mass is 10.5. The van der Waals surface area contributed by atoms with E-state index >= 15 is 0 Å². The van der Waals surface area contributed by atoms with E-state index in [0.717, 1.165) is 4.47 Å². The van der Waals surface area contributed by atoms with E-state index in [2.05, 4.69) is 36.5 Å². The van der Waals surface area contributed by atoms with E-state index in [-0.39, 0.29) is 12.5 Å². The summed E-state index contributed by atoms with van der Waals surface area (Å²) in [6.07, 6.45) is 3.04. The molecule has 0 saturated carbocycles. The number of rotatable bonds is 4. The predicted octanol–water partition coefficient (Wildman–Crippen LogP) is 0.787. The first-order chi connectivity index (χ1) is 6.74. The Morgan fingerprint density at radius 2 is 2.43 bits per heavy atom. The Morgan fingerprint density at radius 1 is 1.64 bits per heavy atom. The summed E-state index contributed by atoms with van der Waals surface area (Å²) < 4.78 is 0.740. The Labute approximate surface area is 90.5 Å². The number of nitrogens with one attached hydrogen (secondary N) is 2. The molecule has 1 amide bonds. The van der Waals surface area contributed by atoms with Crippen molar-refractivity contribution in [3.63, 3.8) is 0 Å². The molecule has 5 nitrogen and oxygen atoms in total. The highest BCUT2D eigenvalue weighted by Crippen LogP contribution is 2.16. The van der Waals surface area contributed by atoms with Gasteiger partial charge in [0.05, 0.1) is 11.0 Å². The SMILES string of the molecule is CCNC(=O)CNc1ncncc1Br. The molecule has 0 aliphatic heterocycles. The van der Waals surface area contributed by atoms with Gasteiger partial charge in [-0.3, -0.25) is 4.79 Å². The Balaban J connectivity index is 2.46. The summed E-state index contributed by atoms with van der Waals surface area (Å²) in [5.41, 5.74) is 0. The van der Waals surface area contributed by atoms with Crippen molar-refractivity contribution in [3.05, 3.63) is 17.0 Å². The van der Waals surface area contributed by atoms with E-state index in [0.29, 0.717) is 12.4 Å².